The molecule has 1 N–H and O–H groups in total. The summed E-state index contributed by atoms with van der Waals surface area (Å²) in [5, 5.41) is 3.21. The first kappa shape index (κ1) is 26.8. The molecule has 0 radical (unpaired) electrons. The highest BCUT2D eigenvalue weighted by molar-refractivity contribution is 6.41. The van der Waals surface area contributed by atoms with Crippen LogP contribution >= 0.6 is 0 Å². The predicted octanol–water partition coefficient (Wildman–Crippen LogP) is 6.85. The van der Waals surface area contributed by atoms with Gasteiger partial charge in [-0.1, -0.05) is 48.1 Å². The smallest absolute Gasteiger partial charge is 0.294 e. The lowest BCUT2D eigenvalue weighted by Crippen LogP contribution is -2.37. The van der Waals surface area contributed by atoms with Crippen LogP contribution < -0.4 is 10.2 Å². The summed E-state index contributed by atoms with van der Waals surface area (Å²) < 4.78 is 19.9. The normalized spacial score (nSPS) is 13.0. The van der Waals surface area contributed by atoms with Crippen LogP contribution in [0.5, 0.6) is 0 Å². The van der Waals surface area contributed by atoms with Crippen LogP contribution in [0.1, 0.15) is 37.0 Å². The third-order valence-corrected chi connectivity index (χ3v) is 7.18. The summed E-state index contributed by atoms with van der Waals surface area (Å²) in [4.78, 5) is 40.5. The fraction of sp³-hybridized carbons (Fsp3) is 0.182. The zero-order chi connectivity index (χ0) is 28.4. The average molecular weight is 537 g/mol. The molecule has 7 heteroatoms. The van der Waals surface area contributed by atoms with Gasteiger partial charge in [0.05, 0.1) is 11.3 Å². The zero-order valence-electron chi connectivity index (χ0n) is 22.6. The van der Waals surface area contributed by atoms with Crippen molar-refractivity contribution in [3.05, 3.63) is 101 Å². The molecule has 0 atom stereocenters. The van der Waals surface area contributed by atoms with E-state index < -0.39 is 17.5 Å². The fourth-order valence-electron chi connectivity index (χ4n) is 5.04. The maximum atomic E-state index is 13.7. The van der Waals surface area contributed by atoms with Crippen molar-refractivity contribution in [3.8, 4) is 22.5 Å². The highest BCUT2D eigenvalue weighted by atomic mass is 19.1. The van der Waals surface area contributed by atoms with Crippen molar-refractivity contribution in [1.29, 1.82) is 0 Å². The summed E-state index contributed by atoms with van der Waals surface area (Å²) in [6, 6.07) is 18.7. The van der Waals surface area contributed by atoms with E-state index >= 15 is 0 Å². The van der Waals surface area contributed by atoms with Gasteiger partial charge in [-0.05, 0) is 61.2 Å². The molecule has 2 amide bonds. The Morgan fingerprint density at radius 3 is 2.38 bits per heavy atom. The highest BCUT2D eigenvalue weighted by Crippen LogP contribution is 2.41. The number of benzene rings is 3. The van der Waals surface area contributed by atoms with E-state index in [1.165, 1.54) is 31.0 Å². The van der Waals surface area contributed by atoms with E-state index in [4.69, 9.17) is 4.42 Å². The summed E-state index contributed by atoms with van der Waals surface area (Å²) in [7, 11) is 1.53. The maximum Gasteiger partial charge on any atom is 0.294 e. The quantitative estimate of drug-likeness (QED) is 0.262. The Morgan fingerprint density at radius 2 is 1.73 bits per heavy atom. The number of rotatable bonds is 7. The minimum absolute atomic E-state index is 0.244. The van der Waals surface area contributed by atoms with Gasteiger partial charge in [-0.25, -0.2) is 4.39 Å². The molecule has 1 heterocycles. The third kappa shape index (κ3) is 5.10. The number of Topliss-reactive ketones (excluding diaryl/α,β-unsaturated/α-hetero) is 1. The SMILES string of the molecule is CNC(=O)c1c(-c2ccc(F)cc2)oc2cc(N(CC3=C(C)C=CCC3)C(=O)C(C)=O)c(-c3ccccc3)cc12. The second kappa shape index (κ2) is 11.1. The molecule has 3 aromatic carbocycles. The topological polar surface area (TPSA) is 79.6 Å². The van der Waals surface area contributed by atoms with Crippen molar-refractivity contribution in [1.82, 2.24) is 5.32 Å². The molecule has 0 aliphatic heterocycles. The van der Waals surface area contributed by atoms with Crippen LogP contribution in [0.15, 0.2) is 94.4 Å². The average Bonchev–Trinajstić information content (AvgIpc) is 3.34. The van der Waals surface area contributed by atoms with Gasteiger partial charge in [0, 0.05) is 43.1 Å². The number of halogens is 1. The van der Waals surface area contributed by atoms with Gasteiger partial charge in [0.2, 0.25) is 5.78 Å². The number of carbonyl (C=O) groups is 3. The first-order chi connectivity index (χ1) is 19.3. The fourth-order valence-corrected chi connectivity index (χ4v) is 5.04. The molecule has 5 rings (SSSR count). The summed E-state index contributed by atoms with van der Waals surface area (Å²) in [5.74, 6) is -1.71. The van der Waals surface area contributed by atoms with Crippen LogP contribution in [0.25, 0.3) is 33.4 Å². The molecule has 0 spiro atoms. The Labute approximate surface area is 231 Å². The van der Waals surface area contributed by atoms with Crippen molar-refractivity contribution >= 4 is 34.3 Å². The third-order valence-electron chi connectivity index (χ3n) is 7.18. The first-order valence-corrected chi connectivity index (χ1v) is 13.1. The summed E-state index contributed by atoms with van der Waals surface area (Å²) in [6.07, 6.45) is 5.77. The number of allylic oxidation sites excluding steroid dienone is 3. The van der Waals surface area contributed by atoms with Gasteiger partial charge in [0.25, 0.3) is 11.8 Å². The monoisotopic (exact) mass is 536 g/mol. The van der Waals surface area contributed by atoms with Crippen LogP contribution in [0.2, 0.25) is 0 Å². The molecule has 1 aromatic heterocycles. The molecule has 4 aromatic rings. The molecule has 40 heavy (non-hydrogen) atoms. The largest absolute Gasteiger partial charge is 0.455 e. The van der Waals surface area contributed by atoms with Crippen molar-refractivity contribution in [3.63, 3.8) is 0 Å². The molecule has 6 nitrogen and oxygen atoms in total. The minimum Gasteiger partial charge on any atom is -0.455 e. The molecular weight excluding hydrogens is 507 g/mol. The number of nitrogens with one attached hydrogen (secondary N) is 1. The lowest BCUT2D eigenvalue weighted by Gasteiger charge is -2.27. The number of hydrogen-bond acceptors (Lipinski definition) is 4. The van der Waals surface area contributed by atoms with Crippen molar-refractivity contribution in [2.75, 3.05) is 18.5 Å². The number of furan rings is 1. The van der Waals surface area contributed by atoms with Crippen molar-refractivity contribution in [2.45, 2.75) is 26.7 Å². The van der Waals surface area contributed by atoms with Crippen LogP contribution in [0, 0.1) is 5.82 Å². The van der Waals surface area contributed by atoms with Crippen molar-refractivity contribution < 1.29 is 23.2 Å². The van der Waals surface area contributed by atoms with Gasteiger partial charge >= 0.3 is 0 Å². The van der Waals surface area contributed by atoms with E-state index in [0.717, 1.165) is 29.6 Å². The molecular formula is C33H29FN2O4. The Morgan fingerprint density at radius 1 is 1.00 bits per heavy atom. The number of carbonyl (C=O) groups excluding carboxylic acids is 3. The summed E-state index contributed by atoms with van der Waals surface area (Å²) in [5.41, 5.74) is 5.30. The molecule has 1 aliphatic rings. The highest BCUT2D eigenvalue weighted by Gasteiger charge is 2.28. The Hall–Kier alpha value is -4.78. The van der Waals surface area contributed by atoms with Crippen molar-refractivity contribution in [2.24, 2.45) is 0 Å². The van der Waals surface area contributed by atoms with Crippen LogP contribution in [-0.2, 0) is 9.59 Å². The van der Waals surface area contributed by atoms with Gasteiger partial charge in [-0.15, -0.1) is 0 Å². The van der Waals surface area contributed by atoms with E-state index in [0.29, 0.717) is 33.3 Å². The molecule has 0 saturated heterocycles. The standard InChI is InChI=1S/C33H29FN2O4/c1-20-9-7-8-12-24(20)19-36(33(39)21(2)37)28-18-29-27(17-26(28)22-10-5-4-6-11-22)30(32(38)35-3)31(40-29)23-13-15-25(34)16-14-23/h4-7,9-11,13-18H,8,12,19H2,1-3H3,(H,35,38). The van der Waals surface area contributed by atoms with E-state index in [1.807, 2.05) is 49.4 Å². The molecule has 0 unspecified atom stereocenters. The Kier molecular flexibility index (Phi) is 7.47. The first-order valence-electron chi connectivity index (χ1n) is 13.1. The second-order valence-corrected chi connectivity index (χ2v) is 9.80. The minimum atomic E-state index is -0.636. The van der Waals surface area contributed by atoms with Crippen LogP contribution in [-0.4, -0.2) is 31.2 Å². The number of ketones is 1. The van der Waals surface area contributed by atoms with Gasteiger partial charge in [0.15, 0.2) is 0 Å². The molecule has 202 valence electrons. The van der Waals surface area contributed by atoms with Crippen LogP contribution in [0.3, 0.4) is 0 Å². The molecule has 0 fully saturated rings. The molecule has 1 aliphatic carbocycles. The second-order valence-electron chi connectivity index (χ2n) is 9.80. The van der Waals surface area contributed by atoms with Gasteiger partial charge < -0.3 is 14.6 Å². The Bertz CT molecular complexity index is 1680. The lowest BCUT2D eigenvalue weighted by atomic mass is 9.95. The van der Waals surface area contributed by atoms with Crippen LogP contribution in [0.4, 0.5) is 10.1 Å². The van der Waals surface area contributed by atoms with E-state index in [9.17, 15) is 18.8 Å². The number of anilines is 1. The van der Waals surface area contributed by atoms with E-state index in [1.54, 1.807) is 18.2 Å². The molecule has 0 bridgehead atoms. The lowest BCUT2D eigenvalue weighted by molar-refractivity contribution is -0.134. The summed E-state index contributed by atoms with van der Waals surface area (Å²) in [6.45, 7) is 3.51. The number of hydrogen-bond donors (Lipinski definition) is 1. The maximum absolute atomic E-state index is 13.7. The van der Waals surface area contributed by atoms with Gasteiger partial charge in [0.1, 0.15) is 17.2 Å². The Balaban J connectivity index is 1.80. The number of amides is 2. The number of nitrogens with zero attached hydrogens (tertiary/aromatic N) is 1. The molecule has 0 saturated carbocycles. The number of fused-ring (bicyclic) bond motifs is 1. The predicted molar refractivity (Wildman–Crippen MR) is 155 cm³/mol. The summed E-state index contributed by atoms with van der Waals surface area (Å²) >= 11 is 0. The van der Waals surface area contributed by atoms with Gasteiger partial charge in [-0.2, -0.15) is 0 Å². The van der Waals surface area contributed by atoms with E-state index in [2.05, 4.69) is 11.4 Å². The zero-order valence-corrected chi connectivity index (χ0v) is 22.6. The van der Waals surface area contributed by atoms with E-state index in [-0.39, 0.29) is 18.2 Å². The van der Waals surface area contributed by atoms with Gasteiger partial charge in [-0.3, -0.25) is 14.4 Å².